The third-order valence-corrected chi connectivity index (χ3v) is 3.89. The molecule has 0 saturated carbocycles. The average Bonchev–Trinajstić information content (AvgIpc) is 2.58. The van der Waals surface area contributed by atoms with E-state index in [1.54, 1.807) is 31.2 Å². The van der Waals surface area contributed by atoms with E-state index < -0.39 is 23.3 Å². The zero-order valence-electron chi connectivity index (χ0n) is 13.5. The first kappa shape index (κ1) is 19.3. The Kier molecular flexibility index (Phi) is 5.90. The van der Waals surface area contributed by atoms with E-state index in [4.69, 9.17) is 16.9 Å². The lowest BCUT2D eigenvalue weighted by Crippen LogP contribution is -2.18. The van der Waals surface area contributed by atoms with Crippen molar-refractivity contribution in [2.45, 2.75) is 13.1 Å². The quantitative estimate of drug-likeness (QED) is 0.572. The van der Waals surface area contributed by atoms with E-state index in [-0.39, 0.29) is 5.57 Å². The molecule has 0 aliphatic carbocycles. The molecule has 4 nitrogen and oxygen atoms in total. The summed E-state index contributed by atoms with van der Waals surface area (Å²) >= 11 is 5.98. The molecule has 0 aromatic heterocycles. The van der Waals surface area contributed by atoms with Crippen LogP contribution in [-0.4, -0.2) is 5.91 Å². The zero-order valence-corrected chi connectivity index (χ0v) is 14.2. The second kappa shape index (κ2) is 7.93. The summed E-state index contributed by atoms with van der Waals surface area (Å²) in [5, 5.41) is 14.5. The Hall–Kier alpha value is -2.98. The topological polar surface area (TPSA) is 64.9 Å². The monoisotopic (exact) mass is 379 g/mol. The average molecular weight is 380 g/mol. The first-order chi connectivity index (χ1) is 12.2. The normalized spacial score (nSPS) is 11.6. The summed E-state index contributed by atoms with van der Waals surface area (Å²) in [6.45, 7) is 1.74. The summed E-state index contributed by atoms with van der Waals surface area (Å²) in [4.78, 5) is 12.2. The number of carbonyl (C=O) groups excluding carboxylic acids is 1. The fourth-order valence-corrected chi connectivity index (χ4v) is 2.27. The van der Waals surface area contributed by atoms with Crippen molar-refractivity contribution in [1.29, 1.82) is 5.26 Å². The number of para-hydroxylation sites is 1. The van der Waals surface area contributed by atoms with Crippen LogP contribution in [0.5, 0.6) is 0 Å². The molecule has 2 aromatic carbocycles. The second-order valence-electron chi connectivity index (χ2n) is 5.22. The van der Waals surface area contributed by atoms with Crippen LogP contribution >= 0.6 is 11.6 Å². The van der Waals surface area contributed by atoms with Crippen molar-refractivity contribution in [3.8, 4) is 6.07 Å². The minimum atomic E-state index is -4.63. The van der Waals surface area contributed by atoms with Crippen LogP contribution in [0.1, 0.15) is 11.1 Å². The third kappa shape index (κ3) is 4.55. The van der Waals surface area contributed by atoms with Gasteiger partial charge in [0.1, 0.15) is 11.6 Å². The number of nitrogens with one attached hydrogen (secondary N) is 2. The summed E-state index contributed by atoms with van der Waals surface area (Å²) in [6, 6.07) is 11.2. The molecule has 26 heavy (non-hydrogen) atoms. The van der Waals surface area contributed by atoms with Crippen LogP contribution in [0.4, 0.5) is 24.5 Å². The first-order valence-electron chi connectivity index (χ1n) is 7.33. The fourth-order valence-electron chi connectivity index (χ4n) is 2.09. The Morgan fingerprint density at radius 2 is 1.81 bits per heavy atom. The molecule has 1 amide bonds. The van der Waals surface area contributed by atoms with E-state index in [2.05, 4.69) is 10.6 Å². The van der Waals surface area contributed by atoms with Crippen molar-refractivity contribution in [2.75, 3.05) is 10.6 Å². The fraction of sp³-hybridized carbons (Fsp3) is 0.111. The highest BCUT2D eigenvalue weighted by atomic mass is 35.5. The van der Waals surface area contributed by atoms with Gasteiger partial charge in [0.05, 0.1) is 11.3 Å². The van der Waals surface area contributed by atoms with Crippen LogP contribution in [0.15, 0.2) is 54.2 Å². The number of halogens is 4. The molecule has 0 atom stereocenters. The number of nitrogens with zero attached hydrogens (tertiary/aromatic N) is 1. The molecule has 0 aliphatic rings. The van der Waals surface area contributed by atoms with Gasteiger partial charge in [0.25, 0.3) is 5.91 Å². The van der Waals surface area contributed by atoms with Crippen molar-refractivity contribution in [1.82, 2.24) is 0 Å². The van der Waals surface area contributed by atoms with Gasteiger partial charge in [0, 0.05) is 16.9 Å². The van der Waals surface area contributed by atoms with Crippen molar-refractivity contribution in [2.24, 2.45) is 0 Å². The number of benzene rings is 2. The van der Waals surface area contributed by atoms with Crippen LogP contribution < -0.4 is 10.6 Å². The molecule has 2 aromatic rings. The number of rotatable bonds is 4. The molecule has 2 N–H and O–H groups in total. The minimum absolute atomic E-state index is 0.388. The molecule has 0 unspecified atom stereocenters. The lowest BCUT2D eigenvalue weighted by molar-refractivity contribution is -0.137. The van der Waals surface area contributed by atoms with E-state index in [9.17, 15) is 18.0 Å². The molecule has 2 rings (SSSR count). The van der Waals surface area contributed by atoms with Crippen molar-refractivity contribution < 1.29 is 18.0 Å². The van der Waals surface area contributed by atoms with Gasteiger partial charge in [0.2, 0.25) is 0 Å². The van der Waals surface area contributed by atoms with Gasteiger partial charge >= 0.3 is 6.18 Å². The van der Waals surface area contributed by atoms with Gasteiger partial charge in [-0.3, -0.25) is 4.79 Å². The Morgan fingerprint density at radius 3 is 2.46 bits per heavy atom. The molecule has 0 radical (unpaired) electrons. The molecule has 0 fully saturated rings. The van der Waals surface area contributed by atoms with Crippen LogP contribution in [0.25, 0.3) is 0 Å². The summed E-state index contributed by atoms with van der Waals surface area (Å²) < 4.78 is 38.9. The van der Waals surface area contributed by atoms with Gasteiger partial charge < -0.3 is 10.6 Å². The highest BCUT2D eigenvalue weighted by molar-refractivity contribution is 6.31. The number of alkyl halides is 3. The van der Waals surface area contributed by atoms with E-state index in [1.807, 2.05) is 0 Å². The molecular formula is C18H13ClF3N3O. The second-order valence-corrected chi connectivity index (χ2v) is 5.63. The van der Waals surface area contributed by atoms with Gasteiger partial charge in [-0.05, 0) is 36.8 Å². The Balaban J connectivity index is 2.23. The number of carbonyl (C=O) groups is 1. The number of hydrogen-bond donors (Lipinski definition) is 2. The maximum atomic E-state index is 13.0. The highest BCUT2D eigenvalue weighted by Crippen LogP contribution is 2.34. The van der Waals surface area contributed by atoms with Crippen LogP contribution in [-0.2, 0) is 11.0 Å². The Morgan fingerprint density at radius 1 is 1.15 bits per heavy atom. The van der Waals surface area contributed by atoms with Crippen molar-refractivity contribution in [3.05, 3.63) is 70.4 Å². The van der Waals surface area contributed by atoms with E-state index in [0.717, 1.165) is 18.3 Å². The van der Waals surface area contributed by atoms with Gasteiger partial charge in [-0.15, -0.1) is 0 Å². The predicted octanol–water partition coefficient (Wildman–Crippen LogP) is 5.13. The maximum Gasteiger partial charge on any atom is 0.418 e. The summed E-state index contributed by atoms with van der Waals surface area (Å²) in [5.41, 5.74) is -0.546. The van der Waals surface area contributed by atoms with Gasteiger partial charge in [0.15, 0.2) is 0 Å². The lowest BCUT2D eigenvalue weighted by Gasteiger charge is -2.13. The standard InChI is InChI=1S/C18H13ClF3N3O/c1-11-14(19)6-4-8-15(11)24-10-12(9-23)17(26)25-16-7-3-2-5-13(16)18(20,21)22/h2-8,10,24H,1H3,(H,25,26)/b12-10-. The zero-order chi connectivity index (χ0) is 19.3. The Labute approximate surface area is 152 Å². The van der Waals surface area contributed by atoms with E-state index in [1.165, 1.54) is 12.1 Å². The minimum Gasteiger partial charge on any atom is -0.360 e. The largest absolute Gasteiger partial charge is 0.418 e. The molecule has 0 bridgehead atoms. The van der Waals surface area contributed by atoms with E-state index >= 15 is 0 Å². The molecule has 0 heterocycles. The van der Waals surface area contributed by atoms with Gasteiger partial charge in [-0.2, -0.15) is 18.4 Å². The smallest absolute Gasteiger partial charge is 0.360 e. The van der Waals surface area contributed by atoms with Crippen LogP contribution in [0.3, 0.4) is 0 Å². The highest BCUT2D eigenvalue weighted by Gasteiger charge is 2.33. The number of amides is 1. The summed E-state index contributed by atoms with van der Waals surface area (Å²) in [5.74, 6) is -0.962. The van der Waals surface area contributed by atoms with Crippen molar-refractivity contribution >= 4 is 28.9 Å². The van der Waals surface area contributed by atoms with Crippen LogP contribution in [0.2, 0.25) is 5.02 Å². The van der Waals surface area contributed by atoms with Crippen molar-refractivity contribution in [3.63, 3.8) is 0 Å². The SMILES string of the molecule is Cc1c(Cl)cccc1N/C=C(/C#N)C(=O)Nc1ccccc1C(F)(F)F. The predicted molar refractivity (Wildman–Crippen MR) is 93.6 cm³/mol. The number of hydrogen-bond acceptors (Lipinski definition) is 3. The number of nitriles is 1. The molecule has 0 aliphatic heterocycles. The Bertz CT molecular complexity index is 901. The van der Waals surface area contributed by atoms with E-state index in [0.29, 0.717) is 16.3 Å². The summed E-state index contributed by atoms with van der Waals surface area (Å²) in [6.07, 6.45) is -3.51. The maximum absolute atomic E-state index is 13.0. The third-order valence-electron chi connectivity index (χ3n) is 3.49. The molecule has 0 spiro atoms. The molecule has 0 saturated heterocycles. The molecular weight excluding hydrogens is 367 g/mol. The molecule has 8 heteroatoms. The number of anilines is 2. The molecule has 134 valence electrons. The van der Waals surface area contributed by atoms with Gasteiger partial charge in [-0.25, -0.2) is 0 Å². The first-order valence-corrected chi connectivity index (χ1v) is 7.71. The van der Waals surface area contributed by atoms with Crippen LogP contribution in [0, 0.1) is 18.3 Å². The lowest BCUT2D eigenvalue weighted by atomic mass is 10.1. The summed E-state index contributed by atoms with van der Waals surface area (Å²) in [7, 11) is 0. The van der Waals surface area contributed by atoms with Gasteiger partial charge in [-0.1, -0.05) is 29.8 Å².